The zero-order chi connectivity index (χ0) is 18.1. The van der Waals surface area contributed by atoms with Crippen molar-refractivity contribution in [1.29, 1.82) is 0 Å². The van der Waals surface area contributed by atoms with E-state index in [9.17, 15) is 0 Å². The zero-order valence-corrected chi connectivity index (χ0v) is 15.0. The quantitative estimate of drug-likeness (QED) is 0.501. The number of imidazole rings is 1. The van der Waals surface area contributed by atoms with Gasteiger partial charge in [0.15, 0.2) is 11.5 Å². The van der Waals surface area contributed by atoms with Gasteiger partial charge in [0, 0.05) is 12.1 Å². The van der Waals surface area contributed by atoms with E-state index in [4.69, 9.17) is 14.5 Å². The molecule has 5 rings (SSSR count). The number of para-hydroxylation sites is 2. The maximum Gasteiger partial charge on any atom is 0.231 e. The lowest BCUT2D eigenvalue weighted by atomic mass is 10.1. The summed E-state index contributed by atoms with van der Waals surface area (Å²) in [7, 11) is 0. The van der Waals surface area contributed by atoms with E-state index in [2.05, 4.69) is 59.2 Å². The number of rotatable bonds is 5. The van der Waals surface area contributed by atoms with Gasteiger partial charge < -0.3 is 14.0 Å². The van der Waals surface area contributed by atoms with E-state index in [1.807, 2.05) is 18.2 Å². The van der Waals surface area contributed by atoms with Gasteiger partial charge in [0.1, 0.15) is 5.82 Å². The first-order valence-electron chi connectivity index (χ1n) is 9.28. The Bertz CT molecular complexity index is 1090. The van der Waals surface area contributed by atoms with Crippen LogP contribution in [0.3, 0.4) is 0 Å². The molecular formula is C23H20N2O2. The van der Waals surface area contributed by atoms with Crippen LogP contribution in [0, 0.1) is 0 Å². The Labute approximate surface area is 158 Å². The summed E-state index contributed by atoms with van der Waals surface area (Å²) < 4.78 is 13.3. The van der Waals surface area contributed by atoms with Gasteiger partial charge in [-0.2, -0.15) is 0 Å². The summed E-state index contributed by atoms with van der Waals surface area (Å²) in [6, 6.07) is 25.0. The van der Waals surface area contributed by atoms with E-state index in [0.29, 0.717) is 0 Å². The molecule has 1 aliphatic heterocycles. The Morgan fingerprint density at radius 1 is 0.852 bits per heavy atom. The van der Waals surface area contributed by atoms with Crippen molar-refractivity contribution < 1.29 is 9.47 Å². The molecule has 134 valence electrons. The van der Waals surface area contributed by atoms with Gasteiger partial charge >= 0.3 is 0 Å². The Morgan fingerprint density at radius 2 is 1.67 bits per heavy atom. The molecule has 1 aromatic heterocycles. The second kappa shape index (κ2) is 6.80. The maximum absolute atomic E-state index is 5.55. The lowest BCUT2D eigenvalue weighted by Gasteiger charge is -2.10. The molecule has 0 radical (unpaired) electrons. The number of hydrogen-bond acceptors (Lipinski definition) is 3. The lowest BCUT2D eigenvalue weighted by molar-refractivity contribution is 0.174. The number of benzene rings is 3. The number of aromatic nitrogens is 2. The Balaban J connectivity index is 1.49. The highest BCUT2D eigenvalue weighted by molar-refractivity contribution is 5.81. The summed E-state index contributed by atoms with van der Waals surface area (Å²) in [5.41, 5.74) is 4.60. The third-order valence-corrected chi connectivity index (χ3v) is 4.98. The summed E-state index contributed by atoms with van der Waals surface area (Å²) in [5.74, 6) is 2.56. The predicted octanol–water partition coefficient (Wildman–Crippen LogP) is 5.06. The Hall–Kier alpha value is -3.27. The van der Waals surface area contributed by atoms with Crippen LogP contribution >= 0.6 is 0 Å². The molecule has 4 heteroatoms. The van der Waals surface area contributed by atoms with Gasteiger partial charge in [-0.1, -0.05) is 42.5 Å². The summed E-state index contributed by atoms with van der Waals surface area (Å²) in [4.78, 5) is 4.90. The lowest BCUT2D eigenvalue weighted by Crippen LogP contribution is -2.02. The van der Waals surface area contributed by atoms with Crippen molar-refractivity contribution >= 4 is 11.0 Å². The van der Waals surface area contributed by atoms with Crippen LogP contribution in [-0.4, -0.2) is 16.3 Å². The average Bonchev–Trinajstić information content (AvgIpc) is 3.33. The van der Waals surface area contributed by atoms with Crippen molar-refractivity contribution in [3.8, 4) is 22.9 Å². The molecule has 4 nitrogen and oxygen atoms in total. The van der Waals surface area contributed by atoms with E-state index in [1.165, 1.54) is 11.1 Å². The number of aryl methyl sites for hydroxylation is 2. The standard InChI is InChI=1S/C23H20N2O2/c1-2-7-17(8-3-1)9-6-14-25-20-11-5-4-10-19(20)24-23(25)18-12-13-21-22(15-18)27-16-26-21/h1-5,7-8,10-13,15H,6,9,14,16H2. The van der Waals surface area contributed by atoms with Gasteiger partial charge in [0.05, 0.1) is 11.0 Å². The van der Waals surface area contributed by atoms with Crippen LogP contribution in [-0.2, 0) is 13.0 Å². The van der Waals surface area contributed by atoms with Crippen molar-refractivity contribution in [2.75, 3.05) is 6.79 Å². The molecule has 0 saturated carbocycles. The SMILES string of the molecule is c1ccc(CCCn2c(-c3ccc4c(c3)OCO4)nc3ccccc32)cc1. The molecule has 4 aromatic rings. The fraction of sp³-hybridized carbons (Fsp3) is 0.174. The first-order valence-corrected chi connectivity index (χ1v) is 9.28. The first kappa shape index (κ1) is 15.9. The first-order chi connectivity index (χ1) is 13.4. The van der Waals surface area contributed by atoms with Gasteiger partial charge in [0.2, 0.25) is 6.79 Å². The van der Waals surface area contributed by atoms with Crippen molar-refractivity contribution in [2.24, 2.45) is 0 Å². The van der Waals surface area contributed by atoms with Crippen molar-refractivity contribution in [1.82, 2.24) is 9.55 Å². The molecule has 0 fully saturated rings. The van der Waals surface area contributed by atoms with Gasteiger partial charge in [-0.25, -0.2) is 4.98 Å². The Morgan fingerprint density at radius 3 is 2.59 bits per heavy atom. The third kappa shape index (κ3) is 3.04. The van der Waals surface area contributed by atoms with Crippen LogP contribution in [0.2, 0.25) is 0 Å². The summed E-state index contributed by atoms with van der Waals surface area (Å²) in [5, 5.41) is 0. The summed E-state index contributed by atoms with van der Waals surface area (Å²) in [6.45, 7) is 1.20. The normalized spacial score (nSPS) is 12.6. The van der Waals surface area contributed by atoms with Gasteiger partial charge in [-0.15, -0.1) is 0 Å². The smallest absolute Gasteiger partial charge is 0.231 e. The molecule has 0 N–H and O–H groups in total. The van der Waals surface area contributed by atoms with Gasteiger partial charge in [0.25, 0.3) is 0 Å². The fourth-order valence-electron chi connectivity index (χ4n) is 3.64. The third-order valence-electron chi connectivity index (χ3n) is 4.98. The topological polar surface area (TPSA) is 36.3 Å². The van der Waals surface area contributed by atoms with Crippen LogP contribution in [0.1, 0.15) is 12.0 Å². The largest absolute Gasteiger partial charge is 0.454 e. The molecule has 0 spiro atoms. The highest BCUT2D eigenvalue weighted by Gasteiger charge is 2.17. The van der Waals surface area contributed by atoms with Crippen LogP contribution < -0.4 is 9.47 Å². The predicted molar refractivity (Wildman–Crippen MR) is 106 cm³/mol. The highest BCUT2D eigenvalue weighted by atomic mass is 16.7. The number of nitrogens with zero attached hydrogens (tertiary/aromatic N) is 2. The summed E-state index contributed by atoms with van der Waals surface area (Å²) in [6.07, 6.45) is 2.11. The highest BCUT2D eigenvalue weighted by Crippen LogP contribution is 2.36. The molecule has 27 heavy (non-hydrogen) atoms. The molecule has 0 amide bonds. The van der Waals surface area contributed by atoms with Crippen LogP contribution in [0.5, 0.6) is 11.5 Å². The van der Waals surface area contributed by atoms with E-state index >= 15 is 0 Å². The van der Waals surface area contributed by atoms with Crippen LogP contribution in [0.15, 0.2) is 72.8 Å². The van der Waals surface area contributed by atoms with E-state index in [1.54, 1.807) is 0 Å². The summed E-state index contributed by atoms with van der Waals surface area (Å²) >= 11 is 0. The Kier molecular flexibility index (Phi) is 4.02. The van der Waals surface area contributed by atoms with Crippen LogP contribution in [0.25, 0.3) is 22.4 Å². The van der Waals surface area contributed by atoms with E-state index in [-0.39, 0.29) is 6.79 Å². The minimum absolute atomic E-state index is 0.284. The minimum atomic E-state index is 0.284. The second-order valence-electron chi connectivity index (χ2n) is 6.73. The van der Waals surface area contributed by atoms with Crippen molar-refractivity contribution in [3.05, 3.63) is 78.4 Å². The number of hydrogen-bond donors (Lipinski definition) is 0. The molecule has 0 aliphatic carbocycles. The number of ether oxygens (including phenoxy) is 2. The maximum atomic E-state index is 5.55. The van der Waals surface area contributed by atoms with E-state index in [0.717, 1.165) is 47.8 Å². The average molecular weight is 356 g/mol. The number of fused-ring (bicyclic) bond motifs is 2. The van der Waals surface area contributed by atoms with Gasteiger partial charge in [-0.3, -0.25) is 0 Å². The minimum Gasteiger partial charge on any atom is -0.454 e. The second-order valence-corrected chi connectivity index (χ2v) is 6.73. The fourth-order valence-corrected chi connectivity index (χ4v) is 3.64. The van der Waals surface area contributed by atoms with Crippen molar-refractivity contribution in [2.45, 2.75) is 19.4 Å². The van der Waals surface area contributed by atoms with Crippen molar-refractivity contribution in [3.63, 3.8) is 0 Å². The molecular weight excluding hydrogens is 336 g/mol. The molecule has 0 bridgehead atoms. The van der Waals surface area contributed by atoms with E-state index < -0.39 is 0 Å². The molecule has 0 atom stereocenters. The molecule has 0 saturated heterocycles. The molecule has 2 heterocycles. The van der Waals surface area contributed by atoms with Gasteiger partial charge in [-0.05, 0) is 48.7 Å². The zero-order valence-electron chi connectivity index (χ0n) is 15.0. The molecule has 0 unspecified atom stereocenters. The molecule has 3 aromatic carbocycles. The monoisotopic (exact) mass is 356 g/mol. The van der Waals surface area contributed by atoms with Crippen LogP contribution in [0.4, 0.5) is 0 Å². The molecule has 1 aliphatic rings.